The van der Waals surface area contributed by atoms with Gasteiger partial charge in [-0.3, -0.25) is 4.79 Å². The summed E-state index contributed by atoms with van der Waals surface area (Å²) in [6.07, 6.45) is -0.445. The summed E-state index contributed by atoms with van der Waals surface area (Å²) in [5.74, 6) is -0.434. The Morgan fingerprint density at radius 3 is 2.47 bits per heavy atom. The molecule has 0 radical (unpaired) electrons. The molecule has 0 aromatic carbocycles. The standard InChI is InChI=1S/C11H19F3N2O/c1-16(7-11(12,13)14)10(17)6-8-4-2-3-5-9(8)15/h8-9H,2-7,15H2,1H3. The second-order valence-electron chi connectivity index (χ2n) is 4.78. The summed E-state index contributed by atoms with van der Waals surface area (Å²) >= 11 is 0. The predicted octanol–water partition coefficient (Wildman–Crippen LogP) is 1.91. The molecule has 1 saturated carbocycles. The van der Waals surface area contributed by atoms with Gasteiger partial charge in [-0.25, -0.2) is 0 Å². The van der Waals surface area contributed by atoms with Crippen LogP contribution in [-0.2, 0) is 4.79 Å². The summed E-state index contributed by atoms with van der Waals surface area (Å²) in [6.45, 7) is -1.19. The van der Waals surface area contributed by atoms with Crippen molar-refractivity contribution in [3.8, 4) is 0 Å². The molecule has 0 bridgehead atoms. The highest BCUT2D eigenvalue weighted by Gasteiger charge is 2.32. The molecule has 2 N–H and O–H groups in total. The third-order valence-electron chi connectivity index (χ3n) is 3.25. The van der Waals surface area contributed by atoms with Crippen molar-refractivity contribution in [3.05, 3.63) is 0 Å². The third kappa shape index (κ3) is 4.93. The molecule has 1 amide bonds. The van der Waals surface area contributed by atoms with Crippen LogP contribution >= 0.6 is 0 Å². The van der Waals surface area contributed by atoms with Gasteiger partial charge in [-0.15, -0.1) is 0 Å². The fourth-order valence-corrected chi connectivity index (χ4v) is 2.23. The van der Waals surface area contributed by atoms with Gasteiger partial charge in [-0.1, -0.05) is 12.8 Å². The molecule has 0 aromatic heterocycles. The van der Waals surface area contributed by atoms with Crippen LogP contribution in [0.15, 0.2) is 0 Å². The van der Waals surface area contributed by atoms with Crippen molar-refractivity contribution in [2.45, 2.75) is 44.3 Å². The van der Waals surface area contributed by atoms with E-state index in [0.29, 0.717) is 0 Å². The molecule has 2 unspecified atom stereocenters. The predicted molar refractivity (Wildman–Crippen MR) is 58.2 cm³/mol. The number of rotatable bonds is 3. The van der Waals surface area contributed by atoms with Crippen LogP contribution in [0.2, 0.25) is 0 Å². The molecule has 0 heterocycles. The van der Waals surface area contributed by atoms with Gasteiger partial charge in [-0.2, -0.15) is 13.2 Å². The third-order valence-corrected chi connectivity index (χ3v) is 3.25. The van der Waals surface area contributed by atoms with Gasteiger partial charge in [0.2, 0.25) is 5.91 Å². The molecule has 0 spiro atoms. The monoisotopic (exact) mass is 252 g/mol. The van der Waals surface area contributed by atoms with Crippen molar-refractivity contribution >= 4 is 5.91 Å². The summed E-state index contributed by atoms with van der Waals surface area (Å²) < 4.78 is 36.3. The molecule has 2 atom stereocenters. The minimum Gasteiger partial charge on any atom is -0.337 e. The van der Waals surface area contributed by atoms with Gasteiger partial charge in [0, 0.05) is 19.5 Å². The molecule has 6 heteroatoms. The van der Waals surface area contributed by atoms with Crippen LogP contribution in [0.25, 0.3) is 0 Å². The normalized spacial score (nSPS) is 25.7. The molecule has 3 nitrogen and oxygen atoms in total. The number of halogens is 3. The van der Waals surface area contributed by atoms with Crippen LogP contribution in [0.3, 0.4) is 0 Å². The Hall–Kier alpha value is -0.780. The van der Waals surface area contributed by atoms with Crippen LogP contribution in [0.1, 0.15) is 32.1 Å². The smallest absolute Gasteiger partial charge is 0.337 e. The number of hydrogen-bond donors (Lipinski definition) is 1. The van der Waals surface area contributed by atoms with Crippen LogP contribution in [0.4, 0.5) is 13.2 Å². The Morgan fingerprint density at radius 1 is 1.35 bits per heavy atom. The summed E-state index contributed by atoms with van der Waals surface area (Å²) in [4.78, 5) is 12.3. The van der Waals surface area contributed by atoms with Crippen LogP contribution in [-0.4, -0.2) is 36.6 Å². The largest absolute Gasteiger partial charge is 0.406 e. The number of alkyl halides is 3. The number of nitrogens with zero attached hydrogens (tertiary/aromatic N) is 1. The summed E-state index contributed by atoms with van der Waals surface area (Å²) in [5.41, 5.74) is 5.86. The Bertz CT molecular complexity index is 268. The quantitative estimate of drug-likeness (QED) is 0.834. The zero-order chi connectivity index (χ0) is 13.1. The van der Waals surface area contributed by atoms with E-state index in [1.54, 1.807) is 0 Å². The van der Waals surface area contributed by atoms with Crippen molar-refractivity contribution in [2.75, 3.05) is 13.6 Å². The Balaban J connectivity index is 2.42. The molecular weight excluding hydrogens is 233 g/mol. The number of carbonyl (C=O) groups excluding carboxylic acids is 1. The lowest BCUT2D eigenvalue weighted by Crippen LogP contribution is -2.40. The molecule has 0 aliphatic heterocycles. The van der Waals surface area contributed by atoms with E-state index in [0.717, 1.165) is 30.6 Å². The first-order valence-electron chi connectivity index (χ1n) is 5.86. The maximum Gasteiger partial charge on any atom is 0.406 e. The SMILES string of the molecule is CN(CC(F)(F)F)C(=O)CC1CCCCC1N. The van der Waals surface area contributed by atoms with Crippen LogP contribution in [0, 0.1) is 5.92 Å². The van der Waals surface area contributed by atoms with Gasteiger partial charge < -0.3 is 10.6 Å². The maximum absolute atomic E-state index is 12.1. The average Bonchev–Trinajstić information content (AvgIpc) is 2.18. The summed E-state index contributed by atoms with van der Waals surface area (Å²) in [5, 5.41) is 0. The van der Waals surface area contributed by atoms with Crippen LogP contribution < -0.4 is 5.73 Å². The number of carbonyl (C=O) groups is 1. The lowest BCUT2D eigenvalue weighted by Gasteiger charge is -2.29. The average molecular weight is 252 g/mol. The van der Waals surface area contributed by atoms with E-state index in [1.807, 2.05) is 0 Å². The summed E-state index contributed by atoms with van der Waals surface area (Å²) in [6, 6.07) is -0.0491. The zero-order valence-electron chi connectivity index (χ0n) is 9.96. The van der Waals surface area contributed by atoms with Gasteiger partial charge >= 0.3 is 6.18 Å². The first-order valence-corrected chi connectivity index (χ1v) is 5.86. The lowest BCUT2D eigenvalue weighted by molar-refractivity contribution is -0.159. The zero-order valence-corrected chi connectivity index (χ0v) is 9.96. The van der Waals surface area contributed by atoms with Crippen molar-refractivity contribution in [1.82, 2.24) is 4.90 Å². The van der Waals surface area contributed by atoms with Crippen molar-refractivity contribution < 1.29 is 18.0 Å². The highest BCUT2D eigenvalue weighted by Crippen LogP contribution is 2.26. The van der Waals surface area contributed by atoms with Gasteiger partial charge in [0.25, 0.3) is 0 Å². The highest BCUT2D eigenvalue weighted by molar-refractivity contribution is 5.76. The van der Waals surface area contributed by atoms with E-state index >= 15 is 0 Å². The minimum atomic E-state index is -4.33. The second kappa shape index (κ2) is 5.71. The molecular formula is C11H19F3N2O. The first kappa shape index (κ1) is 14.3. The molecule has 1 aliphatic rings. The van der Waals surface area contributed by atoms with Gasteiger partial charge in [0.1, 0.15) is 6.54 Å². The van der Waals surface area contributed by atoms with Gasteiger partial charge in [0.15, 0.2) is 0 Å². The highest BCUT2D eigenvalue weighted by atomic mass is 19.4. The molecule has 1 fully saturated rings. The topological polar surface area (TPSA) is 46.3 Å². The van der Waals surface area contributed by atoms with E-state index in [-0.39, 0.29) is 18.4 Å². The fourth-order valence-electron chi connectivity index (χ4n) is 2.23. The Morgan fingerprint density at radius 2 is 1.94 bits per heavy atom. The maximum atomic E-state index is 12.1. The fraction of sp³-hybridized carbons (Fsp3) is 0.909. The molecule has 17 heavy (non-hydrogen) atoms. The Labute approximate surface area is 99.1 Å². The number of amides is 1. The Kier molecular flexibility index (Phi) is 4.80. The number of nitrogens with two attached hydrogens (primary N) is 1. The van der Waals surface area contributed by atoms with Crippen LogP contribution in [0.5, 0.6) is 0 Å². The van der Waals surface area contributed by atoms with E-state index in [1.165, 1.54) is 7.05 Å². The minimum absolute atomic E-state index is 0.0342. The van der Waals surface area contributed by atoms with Crippen molar-refractivity contribution in [1.29, 1.82) is 0 Å². The molecule has 0 aromatic rings. The van der Waals surface area contributed by atoms with Crippen molar-refractivity contribution in [2.24, 2.45) is 11.7 Å². The lowest BCUT2D eigenvalue weighted by atomic mass is 9.83. The van der Waals surface area contributed by atoms with E-state index in [2.05, 4.69) is 0 Å². The van der Waals surface area contributed by atoms with E-state index in [4.69, 9.17) is 5.73 Å². The summed E-state index contributed by atoms with van der Waals surface area (Å²) in [7, 11) is 1.18. The number of hydrogen-bond acceptors (Lipinski definition) is 2. The molecule has 1 aliphatic carbocycles. The second-order valence-corrected chi connectivity index (χ2v) is 4.78. The van der Waals surface area contributed by atoms with E-state index < -0.39 is 18.6 Å². The molecule has 100 valence electrons. The van der Waals surface area contributed by atoms with Gasteiger partial charge in [0.05, 0.1) is 0 Å². The molecule has 0 saturated heterocycles. The molecule has 1 rings (SSSR count). The first-order chi connectivity index (χ1) is 7.79. The van der Waals surface area contributed by atoms with E-state index in [9.17, 15) is 18.0 Å². The van der Waals surface area contributed by atoms with Crippen molar-refractivity contribution in [3.63, 3.8) is 0 Å². The van der Waals surface area contributed by atoms with Gasteiger partial charge in [-0.05, 0) is 18.8 Å².